The number of fused-ring (bicyclic) bond motifs is 2. The van der Waals surface area contributed by atoms with Gasteiger partial charge >= 0.3 is 0 Å². The van der Waals surface area contributed by atoms with Gasteiger partial charge in [0.1, 0.15) is 0 Å². The van der Waals surface area contributed by atoms with E-state index >= 15 is 0 Å². The number of rotatable bonds is 0. The van der Waals surface area contributed by atoms with Gasteiger partial charge in [-0.15, -0.1) is 0 Å². The highest BCUT2D eigenvalue weighted by molar-refractivity contribution is 9.11. The molecule has 0 nitrogen and oxygen atoms in total. The second-order valence-corrected chi connectivity index (χ2v) is 7.30. The summed E-state index contributed by atoms with van der Waals surface area (Å²) in [6.45, 7) is 0. The van der Waals surface area contributed by atoms with E-state index in [0.717, 1.165) is 4.47 Å². The van der Waals surface area contributed by atoms with Crippen molar-refractivity contribution in [3.8, 4) is 0 Å². The Morgan fingerprint density at radius 3 is 2.05 bits per heavy atom. The minimum Gasteiger partial charge on any atom is -0.0616 e. The molecule has 0 aromatic heterocycles. The zero-order chi connectivity index (χ0) is 14.8. The van der Waals surface area contributed by atoms with E-state index in [1.54, 1.807) is 0 Å². The third-order valence-corrected chi connectivity index (χ3v) is 6.10. The summed E-state index contributed by atoms with van der Waals surface area (Å²) < 4.78 is 2.34. The van der Waals surface area contributed by atoms with Crippen LogP contribution >= 0.6 is 31.9 Å². The lowest BCUT2D eigenvalue weighted by molar-refractivity contribution is 1.74. The van der Waals surface area contributed by atoms with Gasteiger partial charge in [0.2, 0.25) is 0 Å². The van der Waals surface area contributed by atoms with Gasteiger partial charge in [-0.2, -0.15) is 0 Å². The molecule has 0 aliphatic heterocycles. The first-order valence-electron chi connectivity index (χ1n) is 7.19. The molecule has 0 saturated carbocycles. The van der Waals surface area contributed by atoms with E-state index in [9.17, 15) is 0 Å². The highest BCUT2D eigenvalue weighted by Gasteiger charge is 2.15. The van der Waals surface area contributed by atoms with Crippen molar-refractivity contribution < 1.29 is 0 Å². The first-order chi connectivity index (χ1) is 10.8. The second-order valence-electron chi connectivity index (χ2n) is 5.65. The number of hydrogen-bond donors (Lipinski definition) is 0. The topological polar surface area (TPSA) is 0 Å². The molecule has 0 N–H and O–H groups in total. The van der Waals surface area contributed by atoms with Crippen molar-refractivity contribution in [3.63, 3.8) is 0 Å². The largest absolute Gasteiger partial charge is 0.0616 e. The maximum absolute atomic E-state index is 3.83. The molecular weight excluding hydrogens is 400 g/mol. The molecule has 0 fully saturated rings. The van der Waals surface area contributed by atoms with Crippen molar-refractivity contribution in [1.82, 2.24) is 0 Å². The molecule has 2 heteroatoms. The fourth-order valence-corrected chi connectivity index (χ4v) is 4.71. The Labute approximate surface area is 144 Å². The molecule has 0 saturated heterocycles. The SMILES string of the molecule is Brc1ccc2ccc3c(Br)c4ccccc4c4ccc1c2c34. The Morgan fingerprint density at radius 2 is 1.18 bits per heavy atom. The molecule has 5 aromatic rings. The van der Waals surface area contributed by atoms with Crippen LogP contribution in [0.15, 0.2) is 69.6 Å². The van der Waals surface area contributed by atoms with Gasteiger partial charge in [0, 0.05) is 8.95 Å². The van der Waals surface area contributed by atoms with Crippen LogP contribution in [0.3, 0.4) is 0 Å². The molecule has 0 heterocycles. The van der Waals surface area contributed by atoms with Gasteiger partial charge in [0.25, 0.3) is 0 Å². The summed E-state index contributed by atoms with van der Waals surface area (Å²) >= 11 is 7.53. The Bertz CT molecular complexity index is 1190. The molecule has 0 atom stereocenters. The lowest BCUT2D eigenvalue weighted by Crippen LogP contribution is -1.87. The molecule has 0 radical (unpaired) electrons. The monoisotopic (exact) mass is 408 g/mol. The minimum absolute atomic E-state index is 1.15. The molecule has 22 heavy (non-hydrogen) atoms. The molecule has 0 aliphatic rings. The number of hydrogen-bond acceptors (Lipinski definition) is 0. The lowest BCUT2D eigenvalue weighted by Gasteiger charge is -2.15. The van der Waals surface area contributed by atoms with Crippen LogP contribution in [0.2, 0.25) is 0 Å². The third-order valence-electron chi connectivity index (χ3n) is 4.55. The molecule has 0 spiro atoms. The summed E-state index contributed by atoms with van der Waals surface area (Å²) in [5, 5.41) is 10.4. The van der Waals surface area contributed by atoms with Gasteiger partial charge in [0.05, 0.1) is 0 Å². The van der Waals surface area contributed by atoms with E-state index in [1.165, 1.54) is 47.6 Å². The van der Waals surface area contributed by atoms with Gasteiger partial charge in [0.15, 0.2) is 0 Å². The summed E-state index contributed by atoms with van der Waals surface area (Å²) in [5.74, 6) is 0. The van der Waals surface area contributed by atoms with E-state index in [4.69, 9.17) is 0 Å². The Balaban J connectivity index is 2.24. The van der Waals surface area contributed by atoms with Crippen LogP contribution in [-0.2, 0) is 0 Å². The molecular formula is C20H10Br2. The predicted molar refractivity (Wildman–Crippen MR) is 103 cm³/mol. The first-order valence-corrected chi connectivity index (χ1v) is 8.77. The molecule has 0 aliphatic carbocycles. The van der Waals surface area contributed by atoms with Crippen LogP contribution in [0.1, 0.15) is 0 Å². The van der Waals surface area contributed by atoms with Crippen LogP contribution in [-0.4, -0.2) is 0 Å². The van der Waals surface area contributed by atoms with Crippen LogP contribution in [0.5, 0.6) is 0 Å². The summed E-state index contributed by atoms with van der Waals surface area (Å²) in [7, 11) is 0. The predicted octanol–water partition coefficient (Wildman–Crippen LogP) is 7.26. The highest BCUT2D eigenvalue weighted by atomic mass is 79.9. The zero-order valence-corrected chi connectivity index (χ0v) is 14.7. The van der Waals surface area contributed by atoms with E-state index in [1.807, 2.05) is 0 Å². The van der Waals surface area contributed by atoms with Crippen molar-refractivity contribution in [1.29, 1.82) is 0 Å². The third kappa shape index (κ3) is 1.52. The summed E-state index contributed by atoms with van der Waals surface area (Å²) in [6.07, 6.45) is 0. The summed E-state index contributed by atoms with van der Waals surface area (Å²) in [6, 6.07) is 21.9. The maximum atomic E-state index is 3.83. The van der Waals surface area contributed by atoms with Crippen LogP contribution in [0.25, 0.3) is 43.1 Å². The first kappa shape index (κ1) is 12.9. The second kappa shape index (κ2) is 4.43. The molecule has 0 unspecified atom stereocenters. The number of benzene rings is 5. The van der Waals surface area contributed by atoms with E-state index in [-0.39, 0.29) is 0 Å². The molecule has 0 bridgehead atoms. The molecule has 0 amide bonds. The average Bonchev–Trinajstić information content (AvgIpc) is 2.57. The van der Waals surface area contributed by atoms with Gasteiger partial charge < -0.3 is 0 Å². The zero-order valence-electron chi connectivity index (χ0n) is 11.5. The van der Waals surface area contributed by atoms with E-state index < -0.39 is 0 Å². The van der Waals surface area contributed by atoms with E-state index in [2.05, 4.69) is 92.5 Å². The lowest BCUT2D eigenvalue weighted by atomic mass is 9.91. The highest BCUT2D eigenvalue weighted by Crippen LogP contribution is 2.44. The standard InChI is InChI=1S/C20H10Br2/c21-17-10-6-11-5-7-16-19-13(8-9-15(17)18(11)19)12-3-1-2-4-14(12)20(16)22/h1-10H. The fraction of sp³-hybridized carbons (Fsp3) is 0. The summed E-state index contributed by atoms with van der Waals surface area (Å²) in [4.78, 5) is 0. The number of halogens is 2. The summed E-state index contributed by atoms with van der Waals surface area (Å²) in [5.41, 5.74) is 0. The quantitative estimate of drug-likeness (QED) is 0.186. The smallest absolute Gasteiger partial charge is 0.0332 e. The molecule has 104 valence electrons. The van der Waals surface area contributed by atoms with E-state index in [0.29, 0.717) is 0 Å². The van der Waals surface area contributed by atoms with Crippen molar-refractivity contribution in [2.24, 2.45) is 0 Å². The minimum atomic E-state index is 1.15. The Morgan fingerprint density at radius 1 is 0.500 bits per heavy atom. The molecule has 5 aromatic carbocycles. The Kier molecular flexibility index (Phi) is 2.59. The van der Waals surface area contributed by atoms with Crippen molar-refractivity contribution in [2.75, 3.05) is 0 Å². The van der Waals surface area contributed by atoms with Gasteiger partial charge in [-0.1, -0.05) is 70.5 Å². The maximum Gasteiger partial charge on any atom is 0.0332 e. The van der Waals surface area contributed by atoms with Gasteiger partial charge in [-0.3, -0.25) is 0 Å². The normalized spacial score (nSPS) is 12.1. The molecule has 5 rings (SSSR count). The van der Waals surface area contributed by atoms with Crippen LogP contribution in [0.4, 0.5) is 0 Å². The Hall–Kier alpha value is -1.64. The average molecular weight is 410 g/mol. The van der Waals surface area contributed by atoms with Crippen LogP contribution < -0.4 is 0 Å². The van der Waals surface area contributed by atoms with Crippen molar-refractivity contribution in [3.05, 3.63) is 69.6 Å². The van der Waals surface area contributed by atoms with Gasteiger partial charge in [-0.25, -0.2) is 0 Å². The fourth-order valence-electron chi connectivity index (χ4n) is 3.57. The van der Waals surface area contributed by atoms with Crippen molar-refractivity contribution >= 4 is 74.9 Å². The van der Waals surface area contributed by atoms with Crippen molar-refractivity contribution in [2.45, 2.75) is 0 Å². The van der Waals surface area contributed by atoms with Crippen LogP contribution in [0, 0.1) is 0 Å². The van der Waals surface area contributed by atoms with Gasteiger partial charge in [-0.05, 0) is 65.1 Å².